The van der Waals surface area contributed by atoms with Gasteiger partial charge in [-0.3, -0.25) is 0 Å². The molecule has 0 aliphatic carbocycles. The van der Waals surface area contributed by atoms with E-state index in [0.717, 1.165) is 6.42 Å². The molecule has 0 radical (unpaired) electrons. The van der Waals surface area contributed by atoms with E-state index < -0.39 is 11.6 Å². The van der Waals surface area contributed by atoms with Crippen LogP contribution in [-0.4, -0.2) is 19.8 Å². The Morgan fingerprint density at radius 2 is 1.94 bits per heavy atom. The van der Waals surface area contributed by atoms with Crippen LogP contribution in [0.1, 0.15) is 18.9 Å². The third-order valence-corrected chi connectivity index (χ3v) is 2.44. The predicted molar refractivity (Wildman–Crippen MR) is 59.2 cm³/mol. The average molecular weight is 229 g/mol. The maximum absolute atomic E-state index is 13.2. The maximum atomic E-state index is 13.2. The van der Waals surface area contributed by atoms with E-state index in [-0.39, 0.29) is 18.2 Å². The van der Waals surface area contributed by atoms with E-state index in [1.807, 2.05) is 6.92 Å². The summed E-state index contributed by atoms with van der Waals surface area (Å²) in [5.41, 5.74) is 0.0896. The van der Waals surface area contributed by atoms with Crippen LogP contribution in [0, 0.1) is 11.6 Å². The summed E-state index contributed by atoms with van der Waals surface area (Å²) in [6.07, 6.45) is 0.812. The van der Waals surface area contributed by atoms with Crippen LogP contribution in [0.3, 0.4) is 0 Å². The number of benzene rings is 1. The molecule has 1 rings (SSSR count). The van der Waals surface area contributed by atoms with Gasteiger partial charge in [0, 0.05) is 31.9 Å². The molecule has 0 spiro atoms. The normalized spacial score (nSPS) is 12.8. The predicted octanol–water partition coefficient (Wildman–Crippen LogP) is 2.48. The fourth-order valence-electron chi connectivity index (χ4n) is 1.37. The molecule has 0 bridgehead atoms. The minimum Gasteiger partial charge on any atom is -0.385 e. The number of rotatable bonds is 6. The summed E-state index contributed by atoms with van der Waals surface area (Å²) in [5.74, 6) is -1.02. The Morgan fingerprint density at radius 1 is 1.31 bits per heavy atom. The van der Waals surface area contributed by atoms with Gasteiger partial charge >= 0.3 is 0 Å². The standard InChI is InChI=1S/C12H17F2NO/c1-9(6-7-16-2)15-8-10-11(13)4-3-5-12(10)14/h3-5,9,15H,6-8H2,1-2H3. The molecule has 0 fully saturated rings. The van der Waals surface area contributed by atoms with Gasteiger partial charge in [0.25, 0.3) is 0 Å². The summed E-state index contributed by atoms with van der Waals surface area (Å²) < 4.78 is 31.4. The highest BCUT2D eigenvalue weighted by Crippen LogP contribution is 2.11. The molecule has 0 amide bonds. The van der Waals surface area contributed by atoms with Crippen LogP contribution in [0.25, 0.3) is 0 Å². The molecule has 1 aromatic carbocycles. The van der Waals surface area contributed by atoms with E-state index >= 15 is 0 Å². The van der Waals surface area contributed by atoms with E-state index in [4.69, 9.17) is 4.74 Å². The van der Waals surface area contributed by atoms with Crippen molar-refractivity contribution in [2.24, 2.45) is 0 Å². The van der Waals surface area contributed by atoms with Crippen LogP contribution in [0.2, 0.25) is 0 Å². The van der Waals surface area contributed by atoms with Gasteiger partial charge in [-0.15, -0.1) is 0 Å². The maximum Gasteiger partial charge on any atom is 0.130 e. The number of ether oxygens (including phenoxy) is 1. The molecule has 1 N–H and O–H groups in total. The van der Waals surface area contributed by atoms with Crippen molar-refractivity contribution in [3.63, 3.8) is 0 Å². The van der Waals surface area contributed by atoms with Crippen LogP contribution in [-0.2, 0) is 11.3 Å². The minimum atomic E-state index is -0.508. The average Bonchev–Trinajstić information content (AvgIpc) is 2.25. The topological polar surface area (TPSA) is 21.3 Å². The monoisotopic (exact) mass is 229 g/mol. The van der Waals surface area contributed by atoms with Gasteiger partial charge < -0.3 is 10.1 Å². The molecule has 90 valence electrons. The van der Waals surface area contributed by atoms with Crippen molar-refractivity contribution < 1.29 is 13.5 Å². The molecule has 16 heavy (non-hydrogen) atoms. The van der Waals surface area contributed by atoms with Crippen molar-refractivity contribution >= 4 is 0 Å². The second-order valence-electron chi connectivity index (χ2n) is 3.76. The van der Waals surface area contributed by atoms with Gasteiger partial charge in [0.2, 0.25) is 0 Å². The highest BCUT2D eigenvalue weighted by molar-refractivity contribution is 5.19. The van der Waals surface area contributed by atoms with Gasteiger partial charge in [0.1, 0.15) is 11.6 Å². The SMILES string of the molecule is COCCC(C)NCc1c(F)cccc1F. The molecule has 0 saturated heterocycles. The van der Waals surface area contributed by atoms with Crippen molar-refractivity contribution in [1.29, 1.82) is 0 Å². The van der Waals surface area contributed by atoms with E-state index in [9.17, 15) is 8.78 Å². The lowest BCUT2D eigenvalue weighted by molar-refractivity contribution is 0.184. The summed E-state index contributed by atoms with van der Waals surface area (Å²) >= 11 is 0. The van der Waals surface area contributed by atoms with E-state index in [2.05, 4.69) is 5.32 Å². The number of methoxy groups -OCH3 is 1. The molecule has 0 heterocycles. The fourth-order valence-corrected chi connectivity index (χ4v) is 1.37. The van der Waals surface area contributed by atoms with E-state index in [0.29, 0.717) is 6.61 Å². The van der Waals surface area contributed by atoms with Crippen molar-refractivity contribution in [3.8, 4) is 0 Å². The molecule has 0 aliphatic rings. The summed E-state index contributed by atoms with van der Waals surface area (Å²) in [5, 5.41) is 3.06. The zero-order valence-electron chi connectivity index (χ0n) is 9.59. The Balaban J connectivity index is 2.48. The van der Waals surface area contributed by atoms with Crippen molar-refractivity contribution in [2.45, 2.75) is 25.9 Å². The zero-order valence-corrected chi connectivity index (χ0v) is 9.59. The Labute approximate surface area is 94.6 Å². The molecule has 0 saturated carbocycles. The van der Waals surface area contributed by atoms with Crippen LogP contribution >= 0.6 is 0 Å². The number of halogens is 2. The second-order valence-corrected chi connectivity index (χ2v) is 3.76. The Bertz CT molecular complexity index is 311. The summed E-state index contributed by atoms with van der Waals surface area (Å²) in [4.78, 5) is 0. The first kappa shape index (κ1) is 13.1. The van der Waals surface area contributed by atoms with Crippen LogP contribution < -0.4 is 5.32 Å². The molecule has 0 aliphatic heterocycles. The molecule has 1 unspecified atom stereocenters. The second kappa shape index (κ2) is 6.55. The van der Waals surface area contributed by atoms with Crippen molar-refractivity contribution in [3.05, 3.63) is 35.4 Å². The summed E-state index contributed by atoms with van der Waals surface area (Å²) in [7, 11) is 1.63. The first-order chi connectivity index (χ1) is 7.65. The Kier molecular flexibility index (Phi) is 5.35. The molecule has 4 heteroatoms. The van der Waals surface area contributed by atoms with E-state index in [1.165, 1.54) is 18.2 Å². The van der Waals surface area contributed by atoms with Gasteiger partial charge in [-0.25, -0.2) is 8.78 Å². The molecular weight excluding hydrogens is 212 g/mol. The summed E-state index contributed by atoms with van der Waals surface area (Å²) in [6.45, 7) is 2.79. The number of hydrogen-bond donors (Lipinski definition) is 1. The minimum absolute atomic E-state index is 0.0896. The molecular formula is C12H17F2NO. The van der Waals surface area contributed by atoms with Gasteiger partial charge in [-0.1, -0.05) is 6.07 Å². The van der Waals surface area contributed by atoms with Gasteiger partial charge in [-0.2, -0.15) is 0 Å². The zero-order chi connectivity index (χ0) is 12.0. The van der Waals surface area contributed by atoms with Crippen molar-refractivity contribution in [1.82, 2.24) is 5.32 Å². The van der Waals surface area contributed by atoms with Crippen LogP contribution in [0.15, 0.2) is 18.2 Å². The third-order valence-electron chi connectivity index (χ3n) is 2.44. The van der Waals surface area contributed by atoms with E-state index in [1.54, 1.807) is 7.11 Å². The lowest BCUT2D eigenvalue weighted by atomic mass is 10.1. The Morgan fingerprint density at radius 3 is 2.50 bits per heavy atom. The molecule has 1 atom stereocenters. The highest BCUT2D eigenvalue weighted by atomic mass is 19.1. The molecule has 2 nitrogen and oxygen atoms in total. The lowest BCUT2D eigenvalue weighted by Crippen LogP contribution is -2.27. The molecule has 1 aromatic rings. The van der Waals surface area contributed by atoms with Crippen LogP contribution in [0.4, 0.5) is 8.78 Å². The quantitative estimate of drug-likeness (QED) is 0.809. The lowest BCUT2D eigenvalue weighted by Gasteiger charge is -2.13. The number of hydrogen-bond acceptors (Lipinski definition) is 2. The smallest absolute Gasteiger partial charge is 0.130 e. The van der Waals surface area contributed by atoms with Crippen molar-refractivity contribution in [2.75, 3.05) is 13.7 Å². The first-order valence-electron chi connectivity index (χ1n) is 5.30. The first-order valence-corrected chi connectivity index (χ1v) is 5.30. The third kappa shape index (κ3) is 3.87. The van der Waals surface area contributed by atoms with Gasteiger partial charge in [0.15, 0.2) is 0 Å². The Hall–Kier alpha value is -1.00. The number of nitrogens with one attached hydrogen (secondary N) is 1. The van der Waals surface area contributed by atoms with Gasteiger partial charge in [-0.05, 0) is 25.5 Å². The fraction of sp³-hybridized carbons (Fsp3) is 0.500. The van der Waals surface area contributed by atoms with Gasteiger partial charge in [0.05, 0.1) is 0 Å². The largest absolute Gasteiger partial charge is 0.385 e. The summed E-state index contributed by atoms with van der Waals surface area (Å²) in [6, 6.07) is 4.06. The highest BCUT2D eigenvalue weighted by Gasteiger charge is 2.09. The molecule has 0 aromatic heterocycles. The van der Waals surface area contributed by atoms with Crippen LogP contribution in [0.5, 0.6) is 0 Å².